The third kappa shape index (κ3) is 3.29. The first-order chi connectivity index (χ1) is 11.0. The summed E-state index contributed by atoms with van der Waals surface area (Å²) in [5.74, 6) is -0.119. The number of imide groups is 1. The summed E-state index contributed by atoms with van der Waals surface area (Å²) in [5, 5.41) is 9.03. The maximum Gasteiger partial charge on any atom is 0.293 e. The SMILES string of the molecule is Cc1ccccc1CN1C(=O)S/C(=C\c2ccc(O)cc2)C1=O. The molecule has 0 aliphatic carbocycles. The fourth-order valence-corrected chi connectivity index (χ4v) is 3.15. The Bertz CT molecular complexity index is 796. The summed E-state index contributed by atoms with van der Waals surface area (Å²) in [4.78, 5) is 26.3. The average Bonchev–Trinajstić information content (AvgIpc) is 2.79. The molecule has 0 saturated carbocycles. The molecule has 23 heavy (non-hydrogen) atoms. The van der Waals surface area contributed by atoms with Crippen molar-refractivity contribution in [3.8, 4) is 5.75 Å². The average molecular weight is 325 g/mol. The fraction of sp³-hybridized carbons (Fsp3) is 0.111. The molecule has 0 aromatic heterocycles. The molecular weight excluding hydrogens is 310 g/mol. The number of thioether (sulfide) groups is 1. The van der Waals surface area contributed by atoms with E-state index in [2.05, 4.69) is 0 Å². The first kappa shape index (κ1) is 15.4. The predicted molar refractivity (Wildman–Crippen MR) is 90.8 cm³/mol. The van der Waals surface area contributed by atoms with E-state index in [-0.39, 0.29) is 23.4 Å². The Kier molecular flexibility index (Phi) is 4.21. The molecule has 4 nitrogen and oxygen atoms in total. The second-order valence-corrected chi connectivity index (χ2v) is 6.28. The fourth-order valence-electron chi connectivity index (χ4n) is 2.32. The highest BCUT2D eigenvalue weighted by Crippen LogP contribution is 2.33. The zero-order valence-corrected chi connectivity index (χ0v) is 13.3. The minimum absolute atomic E-state index is 0.162. The highest BCUT2D eigenvalue weighted by atomic mass is 32.2. The van der Waals surface area contributed by atoms with Crippen LogP contribution in [-0.2, 0) is 11.3 Å². The number of nitrogens with zero attached hydrogens (tertiary/aromatic N) is 1. The minimum atomic E-state index is -0.281. The third-order valence-electron chi connectivity index (χ3n) is 3.65. The summed E-state index contributed by atoms with van der Waals surface area (Å²) in [7, 11) is 0. The summed E-state index contributed by atoms with van der Waals surface area (Å²) in [6, 6.07) is 14.2. The van der Waals surface area contributed by atoms with Crippen LogP contribution in [0, 0.1) is 6.92 Å². The van der Waals surface area contributed by atoms with Crippen molar-refractivity contribution in [3.63, 3.8) is 0 Å². The van der Waals surface area contributed by atoms with Gasteiger partial charge in [-0.2, -0.15) is 0 Å². The molecule has 0 bridgehead atoms. The Hall–Kier alpha value is -2.53. The molecule has 1 heterocycles. The van der Waals surface area contributed by atoms with Crippen molar-refractivity contribution in [2.24, 2.45) is 0 Å². The van der Waals surface area contributed by atoms with E-state index in [0.29, 0.717) is 4.91 Å². The maximum absolute atomic E-state index is 12.5. The number of aromatic hydroxyl groups is 1. The molecular formula is C18H15NO3S. The van der Waals surface area contributed by atoms with E-state index in [1.54, 1.807) is 30.3 Å². The zero-order valence-electron chi connectivity index (χ0n) is 12.5. The van der Waals surface area contributed by atoms with Gasteiger partial charge < -0.3 is 5.11 Å². The summed E-state index contributed by atoms with van der Waals surface area (Å²) in [6.07, 6.45) is 1.67. The van der Waals surface area contributed by atoms with Crippen molar-refractivity contribution in [3.05, 3.63) is 70.1 Å². The summed E-state index contributed by atoms with van der Waals surface area (Å²) >= 11 is 0.942. The first-order valence-electron chi connectivity index (χ1n) is 7.13. The van der Waals surface area contributed by atoms with E-state index in [1.165, 1.54) is 4.90 Å². The van der Waals surface area contributed by atoms with Gasteiger partial charge in [0.15, 0.2) is 0 Å². The maximum atomic E-state index is 12.5. The zero-order chi connectivity index (χ0) is 16.4. The van der Waals surface area contributed by atoms with Gasteiger partial charge in [-0.3, -0.25) is 14.5 Å². The van der Waals surface area contributed by atoms with Crippen molar-refractivity contribution in [1.82, 2.24) is 4.90 Å². The number of phenols is 1. The highest BCUT2D eigenvalue weighted by molar-refractivity contribution is 8.18. The third-order valence-corrected chi connectivity index (χ3v) is 4.56. The van der Waals surface area contributed by atoms with Crippen molar-refractivity contribution >= 4 is 29.0 Å². The van der Waals surface area contributed by atoms with E-state index >= 15 is 0 Å². The Balaban J connectivity index is 1.82. The molecule has 116 valence electrons. The Labute approximate surface area is 138 Å². The van der Waals surface area contributed by atoms with Gasteiger partial charge in [-0.05, 0) is 53.6 Å². The van der Waals surface area contributed by atoms with Crippen molar-refractivity contribution in [1.29, 1.82) is 0 Å². The van der Waals surface area contributed by atoms with E-state index in [0.717, 1.165) is 28.5 Å². The lowest BCUT2D eigenvalue weighted by atomic mass is 10.1. The first-order valence-corrected chi connectivity index (χ1v) is 7.95. The Morgan fingerprint density at radius 2 is 1.78 bits per heavy atom. The van der Waals surface area contributed by atoms with Crippen LogP contribution >= 0.6 is 11.8 Å². The molecule has 0 spiro atoms. The quantitative estimate of drug-likeness (QED) is 0.869. The molecule has 2 aromatic carbocycles. The predicted octanol–water partition coefficient (Wildman–Crippen LogP) is 3.94. The van der Waals surface area contributed by atoms with Crippen LogP contribution in [-0.4, -0.2) is 21.2 Å². The highest BCUT2D eigenvalue weighted by Gasteiger charge is 2.35. The van der Waals surface area contributed by atoms with Crippen molar-refractivity contribution in [2.45, 2.75) is 13.5 Å². The van der Waals surface area contributed by atoms with E-state index in [4.69, 9.17) is 0 Å². The number of benzene rings is 2. The molecule has 3 rings (SSSR count). The molecule has 0 radical (unpaired) electrons. The van der Waals surface area contributed by atoms with Gasteiger partial charge in [0.2, 0.25) is 0 Å². The van der Waals surface area contributed by atoms with Crippen LogP contribution in [0.4, 0.5) is 4.79 Å². The molecule has 1 N–H and O–H groups in total. The van der Waals surface area contributed by atoms with Crippen LogP contribution in [0.5, 0.6) is 5.75 Å². The molecule has 1 fully saturated rings. The standard InChI is InChI=1S/C18H15NO3S/c1-12-4-2-3-5-14(12)11-19-17(21)16(23-18(19)22)10-13-6-8-15(20)9-7-13/h2-10,20H,11H2,1H3/b16-10-. The molecule has 5 heteroatoms. The number of hydrogen-bond donors (Lipinski definition) is 1. The lowest BCUT2D eigenvalue weighted by Gasteiger charge is -2.14. The van der Waals surface area contributed by atoms with Gasteiger partial charge in [0, 0.05) is 0 Å². The molecule has 2 aromatic rings. The largest absolute Gasteiger partial charge is 0.508 e. The number of hydrogen-bond acceptors (Lipinski definition) is 4. The second-order valence-electron chi connectivity index (χ2n) is 5.29. The van der Waals surface area contributed by atoms with Gasteiger partial charge >= 0.3 is 0 Å². The van der Waals surface area contributed by atoms with Crippen LogP contribution in [0.15, 0.2) is 53.4 Å². The molecule has 0 unspecified atom stereocenters. The number of aryl methyl sites for hydroxylation is 1. The van der Waals surface area contributed by atoms with Gasteiger partial charge in [0.25, 0.3) is 11.1 Å². The van der Waals surface area contributed by atoms with Crippen LogP contribution in [0.3, 0.4) is 0 Å². The molecule has 0 atom stereocenters. The van der Waals surface area contributed by atoms with Crippen LogP contribution < -0.4 is 0 Å². The lowest BCUT2D eigenvalue weighted by molar-refractivity contribution is -0.123. The number of carbonyl (C=O) groups is 2. The number of carbonyl (C=O) groups excluding carboxylic acids is 2. The lowest BCUT2D eigenvalue weighted by Crippen LogP contribution is -2.27. The smallest absolute Gasteiger partial charge is 0.293 e. The van der Waals surface area contributed by atoms with Gasteiger partial charge in [0.1, 0.15) is 5.75 Å². The monoisotopic (exact) mass is 325 g/mol. The second kappa shape index (κ2) is 6.30. The van der Waals surface area contributed by atoms with Gasteiger partial charge in [0.05, 0.1) is 11.4 Å². The summed E-state index contributed by atoms with van der Waals surface area (Å²) < 4.78 is 0. The Morgan fingerprint density at radius 1 is 1.09 bits per heavy atom. The van der Waals surface area contributed by atoms with Crippen molar-refractivity contribution < 1.29 is 14.7 Å². The molecule has 1 saturated heterocycles. The van der Waals surface area contributed by atoms with E-state index in [9.17, 15) is 14.7 Å². The summed E-state index contributed by atoms with van der Waals surface area (Å²) in [5.41, 5.74) is 2.78. The topological polar surface area (TPSA) is 57.6 Å². The molecule has 1 aliphatic rings. The molecule has 2 amide bonds. The minimum Gasteiger partial charge on any atom is -0.508 e. The van der Waals surface area contributed by atoms with E-state index in [1.807, 2.05) is 31.2 Å². The molecule has 1 aliphatic heterocycles. The normalized spacial score (nSPS) is 16.4. The van der Waals surface area contributed by atoms with E-state index < -0.39 is 0 Å². The van der Waals surface area contributed by atoms with Crippen LogP contribution in [0.1, 0.15) is 16.7 Å². The number of amides is 2. The van der Waals surface area contributed by atoms with Crippen LogP contribution in [0.2, 0.25) is 0 Å². The Morgan fingerprint density at radius 3 is 2.48 bits per heavy atom. The summed E-state index contributed by atoms with van der Waals surface area (Å²) in [6.45, 7) is 2.24. The van der Waals surface area contributed by atoms with Crippen LogP contribution in [0.25, 0.3) is 6.08 Å². The van der Waals surface area contributed by atoms with Gasteiger partial charge in [-0.1, -0.05) is 36.4 Å². The number of rotatable bonds is 3. The van der Waals surface area contributed by atoms with Crippen molar-refractivity contribution in [2.75, 3.05) is 0 Å². The van der Waals surface area contributed by atoms with Gasteiger partial charge in [-0.15, -0.1) is 0 Å². The number of phenolic OH excluding ortho intramolecular Hbond substituents is 1. The van der Waals surface area contributed by atoms with Gasteiger partial charge in [-0.25, -0.2) is 0 Å².